The Kier molecular flexibility index (Phi) is 3.24. The van der Waals surface area contributed by atoms with Crippen LogP contribution in [0.15, 0.2) is 12.1 Å². The first-order valence-electron chi connectivity index (χ1n) is 7.32. The third kappa shape index (κ3) is 2.05. The van der Waals surface area contributed by atoms with E-state index in [0.717, 1.165) is 12.5 Å². The first-order valence-corrected chi connectivity index (χ1v) is 9.17. The molecule has 0 aromatic heterocycles. The molecule has 2 heterocycles. The molecule has 2 saturated heterocycles. The van der Waals surface area contributed by atoms with Gasteiger partial charge in [-0.15, -0.1) is 4.67 Å². The van der Waals surface area contributed by atoms with E-state index >= 15 is 0 Å². The molecule has 3 atom stereocenters. The summed E-state index contributed by atoms with van der Waals surface area (Å²) >= 11 is 0. The maximum atomic E-state index is 6.52. The predicted molar refractivity (Wildman–Crippen MR) is 83.4 cm³/mol. The zero-order chi connectivity index (χ0) is 13.8. The second kappa shape index (κ2) is 4.55. The predicted octanol–water partition coefficient (Wildman–Crippen LogP) is 3.46. The Labute approximate surface area is 117 Å². The van der Waals surface area contributed by atoms with E-state index in [1.165, 1.54) is 34.7 Å². The third-order valence-corrected chi connectivity index (χ3v) is 8.81. The van der Waals surface area contributed by atoms with Gasteiger partial charge in [0.1, 0.15) is 17.6 Å². The molecule has 0 spiro atoms. The van der Waals surface area contributed by atoms with Gasteiger partial charge in [0.25, 0.3) is 0 Å². The Morgan fingerprint density at radius 1 is 1.11 bits per heavy atom. The highest BCUT2D eigenvalue weighted by Gasteiger charge is 2.61. The molecule has 19 heavy (non-hydrogen) atoms. The Hall–Kier alpha value is -0.430. The lowest BCUT2D eigenvalue weighted by Crippen LogP contribution is -2.23. The SMILES string of the molecule is Cc1cc([P+]23CC(C)CN2CC(C)O3)cc(C)c1C. The lowest BCUT2D eigenvalue weighted by Gasteiger charge is -2.22. The average molecular weight is 278 g/mol. The molecule has 3 rings (SSSR count). The molecule has 0 N–H and O–H groups in total. The van der Waals surface area contributed by atoms with Gasteiger partial charge in [-0.1, -0.05) is 6.92 Å². The molecule has 0 bridgehead atoms. The summed E-state index contributed by atoms with van der Waals surface area (Å²) in [5.41, 5.74) is 4.24. The van der Waals surface area contributed by atoms with Crippen molar-refractivity contribution in [1.82, 2.24) is 4.67 Å². The van der Waals surface area contributed by atoms with Crippen molar-refractivity contribution >= 4 is 12.9 Å². The van der Waals surface area contributed by atoms with Gasteiger partial charge < -0.3 is 0 Å². The van der Waals surface area contributed by atoms with Crippen molar-refractivity contribution in [2.24, 2.45) is 5.92 Å². The Morgan fingerprint density at radius 3 is 2.37 bits per heavy atom. The molecule has 1 aromatic rings. The minimum Gasteiger partial charge on any atom is -0.209 e. The Morgan fingerprint density at radius 2 is 1.74 bits per heavy atom. The minimum atomic E-state index is -1.51. The van der Waals surface area contributed by atoms with Gasteiger partial charge in [-0.3, -0.25) is 0 Å². The number of hydrogen-bond acceptors (Lipinski definition) is 2. The third-order valence-electron chi connectivity index (χ3n) is 4.68. The van der Waals surface area contributed by atoms with Crippen molar-refractivity contribution in [2.45, 2.75) is 40.7 Å². The number of fused-ring (bicyclic) bond motifs is 1. The largest absolute Gasteiger partial charge is 0.249 e. The number of rotatable bonds is 1. The molecule has 2 nitrogen and oxygen atoms in total. The zero-order valence-electron chi connectivity index (χ0n) is 12.7. The van der Waals surface area contributed by atoms with Crippen LogP contribution in [-0.2, 0) is 4.52 Å². The number of hydrogen-bond donors (Lipinski definition) is 0. The molecule has 104 valence electrons. The summed E-state index contributed by atoms with van der Waals surface area (Å²) in [7, 11) is -1.51. The second-order valence-corrected chi connectivity index (χ2v) is 9.54. The molecular weight excluding hydrogens is 253 g/mol. The van der Waals surface area contributed by atoms with E-state index in [2.05, 4.69) is 51.4 Å². The van der Waals surface area contributed by atoms with Crippen molar-refractivity contribution in [3.05, 3.63) is 28.8 Å². The smallest absolute Gasteiger partial charge is 0.209 e. The molecule has 2 aliphatic heterocycles. The molecule has 0 radical (unpaired) electrons. The summed E-state index contributed by atoms with van der Waals surface area (Å²) in [4.78, 5) is 0. The highest BCUT2D eigenvalue weighted by Crippen LogP contribution is 2.70. The van der Waals surface area contributed by atoms with Crippen LogP contribution in [0.25, 0.3) is 0 Å². The highest BCUT2D eigenvalue weighted by molar-refractivity contribution is 7.76. The van der Waals surface area contributed by atoms with Crippen LogP contribution in [0, 0.1) is 26.7 Å². The highest BCUT2D eigenvalue weighted by atomic mass is 31.2. The van der Waals surface area contributed by atoms with Gasteiger partial charge in [0, 0.05) is 12.5 Å². The first kappa shape index (κ1) is 13.5. The molecular formula is C16H25NOP+. The van der Waals surface area contributed by atoms with Gasteiger partial charge in [0.2, 0.25) is 7.64 Å². The summed E-state index contributed by atoms with van der Waals surface area (Å²) in [6.45, 7) is 13.6. The standard InChI is InChI=1S/C16H25NOP/c1-11-8-17-9-14(4)18-19(17,10-11)16-6-12(2)15(5)13(3)7-16/h6-7,11,14H,8-10H2,1-5H3/q+1. The van der Waals surface area contributed by atoms with Crippen LogP contribution in [0.5, 0.6) is 0 Å². The van der Waals surface area contributed by atoms with E-state index in [4.69, 9.17) is 4.52 Å². The van der Waals surface area contributed by atoms with Gasteiger partial charge in [0.05, 0.1) is 6.54 Å². The summed E-state index contributed by atoms with van der Waals surface area (Å²) in [6.07, 6.45) is 1.63. The number of nitrogens with zero attached hydrogens (tertiary/aromatic N) is 1. The fraction of sp³-hybridized carbons (Fsp3) is 0.625. The average Bonchev–Trinajstić information content (AvgIpc) is 2.77. The molecule has 0 aliphatic carbocycles. The molecule has 3 unspecified atom stereocenters. The van der Waals surface area contributed by atoms with Crippen molar-refractivity contribution in [3.63, 3.8) is 0 Å². The van der Waals surface area contributed by atoms with E-state index in [9.17, 15) is 0 Å². The Balaban J connectivity index is 2.09. The normalized spacial score (nSPS) is 34.8. The fourth-order valence-electron chi connectivity index (χ4n) is 3.58. The van der Waals surface area contributed by atoms with Crippen LogP contribution in [0.1, 0.15) is 30.5 Å². The number of benzene rings is 1. The summed E-state index contributed by atoms with van der Waals surface area (Å²) in [5, 5.41) is 1.47. The van der Waals surface area contributed by atoms with E-state index in [-0.39, 0.29) is 0 Å². The summed E-state index contributed by atoms with van der Waals surface area (Å²) in [6, 6.07) is 4.78. The lowest BCUT2D eigenvalue weighted by molar-refractivity contribution is 0.265. The molecule has 1 aromatic carbocycles. The molecule has 0 saturated carbocycles. The van der Waals surface area contributed by atoms with Gasteiger partial charge in [-0.05, 0) is 56.5 Å². The monoisotopic (exact) mass is 278 g/mol. The quantitative estimate of drug-likeness (QED) is 0.729. The second-order valence-electron chi connectivity index (χ2n) is 6.48. The van der Waals surface area contributed by atoms with Crippen LogP contribution in [0.3, 0.4) is 0 Å². The first-order chi connectivity index (χ1) is 8.92. The van der Waals surface area contributed by atoms with Crippen LogP contribution < -0.4 is 5.30 Å². The molecule has 2 fully saturated rings. The van der Waals surface area contributed by atoms with Crippen molar-refractivity contribution in [1.29, 1.82) is 0 Å². The van der Waals surface area contributed by atoms with E-state index in [0.29, 0.717) is 6.10 Å². The van der Waals surface area contributed by atoms with E-state index in [1.807, 2.05) is 0 Å². The van der Waals surface area contributed by atoms with Gasteiger partial charge in [-0.25, -0.2) is 4.52 Å². The lowest BCUT2D eigenvalue weighted by atomic mass is 10.1. The van der Waals surface area contributed by atoms with Gasteiger partial charge in [0.15, 0.2) is 0 Å². The van der Waals surface area contributed by atoms with E-state index in [1.54, 1.807) is 0 Å². The maximum absolute atomic E-state index is 6.52. The van der Waals surface area contributed by atoms with Crippen LogP contribution in [0.2, 0.25) is 0 Å². The van der Waals surface area contributed by atoms with Crippen LogP contribution >= 0.6 is 7.64 Å². The van der Waals surface area contributed by atoms with Crippen molar-refractivity contribution in [2.75, 3.05) is 19.3 Å². The fourth-order valence-corrected chi connectivity index (χ4v) is 8.13. The van der Waals surface area contributed by atoms with Crippen LogP contribution in [0.4, 0.5) is 0 Å². The number of aryl methyl sites for hydroxylation is 2. The van der Waals surface area contributed by atoms with Crippen LogP contribution in [-0.4, -0.2) is 30.0 Å². The topological polar surface area (TPSA) is 12.5 Å². The van der Waals surface area contributed by atoms with Crippen molar-refractivity contribution in [3.8, 4) is 0 Å². The Bertz CT molecular complexity index is 476. The van der Waals surface area contributed by atoms with Crippen molar-refractivity contribution < 1.29 is 4.52 Å². The molecule has 3 heteroatoms. The molecule has 2 aliphatic rings. The maximum Gasteiger partial charge on any atom is 0.249 e. The van der Waals surface area contributed by atoms with Gasteiger partial charge in [-0.2, -0.15) is 0 Å². The van der Waals surface area contributed by atoms with Gasteiger partial charge >= 0.3 is 0 Å². The summed E-state index contributed by atoms with van der Waals surface area (Å²) < 4.78 is 9.17. The van der Waals surface area contributed by atoms with E-state index < -0.39 is 7.64 Å². The molecule has 0 amide bonds. The zero-order valence-corrected chi connectivity index (χ0v) is 13.6. The summed E-state index contributed by atoms with van der Waals surface area (Å²) in [5.74, 6) is 0.766. The minimum absolute atomic E-state index is 0.391.